The summed E-state index contributed by atoms with van der Waals surface area (Å²) in [4.78, 5) is 23.3. The van der Waals surface area contributed by atoms with Gasteiger partial charge in [0.1, 0.15) is 6.04 Å². The second kappa shape index (κ2) is 9.57. The van der Waals surface area contributed by atoms with Crippen LogP contribution in [0.2, 0.25) is 0 Å². The highest BCUT2D eigenvalue weighted by Crippen LogP contribution is 2.41. The number of hydrogen-bond donors (Lipinski definition) is 2. The maximum Gasteiger partial charge on any atom is 0.338 e. The van der Waals surface area contributed by atoms with E-state index in [1.54, 1.807) is 31.1 Å². The molecule has 14 heteroatoms. The number of aliphatic imine (C=N–C) groups is 1. The van der Waals surface area contributed by atoms with Gasteiger partial charge in [-0.3, -0.25) is 4.99 Å². The number of carbonyl (C=O) groups is 1. The fourth-order valence-electron chi connectivity index (χ4n) is 4.17. The lowest BCUT2D eigenvalue weighted by Crippen LogP contribution is -2.50. The first-order chi connectivity index (χ1) is 16.8. The SMILES string of the molecule is COC(=O)C1=C2C[C@H](NS(=O)(=O)NC(C)(C)C)CN2C(c2nccs2)=N[C@H]1c1ccc(F)c(F)c1F. The molecule has 0 unspecified atom stereocenters. The van der Waals surface area contributed by atoms with E-state index < -0.39 is 51.3 Å². The third-order valence-corrected chi connectivity index (χ3v) is 7.70. The van der Waals surface area contributed by atoms with Gasteiger partial charge >= 0.3 is 5.97 Å². The number of ether oxygens (including phenoxy) is 1. The fourth-order valence-corrected chi connectivity index (χ4v) is 6.28. The number of aromatic nitrogens is 1. The maximum atomic E-state index is 14.9. The zero-order valence-electron chi connectivity index (χ0n) is 19.8. The van der Waals surface area contributed by atoms with Crippen LogP contribution in [0.5, 0.6) is 0 Å². The van der Waals surface area contributed by atoms with E-state index >= 15 is 0 Å². The number of benzene rings is 1. The lowest BCUT2D eigenvalue weighted by Gasteiger charge is -2.31. The molecule has 3 heterocycles. The van der Waals surface area contributed by atoms with E-state index in [4.69, 9.17) is 4.74 Å². The van der Waals surface area contributed by atoms with Crippen molar-refractivity contribution < 1.29 is 31.1 Å². The molecule has 0 spiro atoms. The van der Waals surface area contributed by atoms with E-state index in [2.05, 4.69) is 19.4 Å². The Bertz CT molecular complexity index is 1350. The van der Waals surface area contributed by atoms with Gasteiger partial charge in [-0.05, 0) is 26.8 Å². The van der Waals surface area contributed by atoms with Crippen molar-refractivity contribution in [1.29, 1.82) is 0 Å². The summed E-state index contributed by atoms with van der Waals surface area (Å²) in [6, 6.07) is -0.302. The van der Waals surface area contributed by atoms with Crippen LogP contribution in [0.15, 0.2) is 40.0 Å². The van der Waals surface area contributed by atoms with Crippen LogP contribution in [0.1, 0.15) is 43.8 Å². The van der Waals surface area contributed by atoms with Crippen molar-refractivity contribution in [2.45, 2.75) is 44.8 Å². The molecular formula is C22H24F3N5O4S2. The summed E-state index contributed by atoms with van der Waals surface area (Å²) in [5, 5.41) is 2.11. The number of nitrogens with one attached hydrogen (secondary N) is 2. The zero-order chi connectivity index (χ0) is 26.4. The topological polar surface area (TPSA) is 113 Å². The summed E-state index contributed by atoms with van der Waals surface area (Å²) in [7, 11) is -2.81. The second-order valence-electron chi connectivity index (χ2n) is 9.29. The third-order valence-electron chi connectivity index (χ3n) is 5.41. The number of nitrogens with zero attached hydrogens (tertiary/aromatic N) is 3. The normalized spacial score (nSPS) is 20.4. The molecule has 1 fully saturated rings. The van der Waals surface area contributed by atoms with Crippen LogP contribution >= 0.6 is 11.3 Å². The quantitative estimate of drug-likeness (QED) is 0.428. The largest absolute Gasteiger partial charge is 0.466 e. The van der Waals surface area contributed by atoms with Gasteiger partial charge < -0.3 is 9.64 Å². The molecule has 0 aliphatic carbocycles. The molecule has 0 saturated carbocycles. The Morgan fingerprint density at radius 1 is 1.22 bits per heavy atom. The van der Waals surface area contributed by atoms with Crippen molar-refractivity contribution in [2.75, 3.05) is 13.7 Å². The van der Waals surface area contributed by atoms with Crippen LogP contribution in [0.4, 0.5) is 13.2 Å². The average Bonchev–Trinajstić information content (AvgIpc) is 3.44. The van der Waals surface area contributed by atoms with Crippen molar-refractivity contribution in [2.24, 2.45) is 4.99 Å². The van der Waals surface area contributed by atoms with E-state index in [0.717, 1.165) is 19.2 Å². The molecule has 2 aliphatic rings. The molecule has 36 heavy (non-hydrogen) atoms. The maximum absolute atomic E-state index is 14.9. The van der Waals surface area contributed by atoms with Gasteiger partial charge in [-0.1, -0.05) is 6.07 Å². The van der Waals surface area contributed by atoms with Crippen LogP contribution < -0.4 is 9.44 Å². The van der Waals surface area contributed by atoms with Crippen molar-refractivity contribution in [3.63, 3.8) is 0 Å². The lowest BCUT2D eigenvalue weighted by atomic mass is 9.94. The Morgan fingerprint density at radius 2 is 1.94 bits per heavy atom. The van der Waals surface area contributed by atoms with Gasteiger partial charge in [0, 0.05) is 47.4 Å². The van der Waals surface area contributed by atoms with Gasteiger partial charge in [0.05, 0.1) is 12.7 Å². The van der Waals surface area contributed by atoms with E-state index in [0.29, 0.717) is 10.7 Å². The molecule has 0 bridgehead atoms. The summed E-state index contributed by atoms with van der Waals surface area (Å²) in [6.45, 7) is 5.16. The van der Waals surface area contributed by atoms with Gasteiger partial charge in [-0.25, -0.2) is 22.9 Å². The minimum Gasteiger partial charge on any atom is -0.466 e. The minimum absolute atomic E-state index is 0.0294. The minimum atomic E-state index is -3.93. The average molecular weight is 544 g/mol. The summed E-state index contributed by atoms with van der Waals surface area (Å²) in [5.74, 6) is -5.18. The molecule has 2 aliphatic heterocycles. The Hall–Kier alpha value is -2.81. The number of thiazole rings is 1. The molecule has 2 aromatic rings. The van der Waals surface area contributed by atoms with Gasteiger partial charge in [-0.15, -0.1) is 11.3 Å². The summed E-state index contributed by atoms with van der Waals surface area (Å²) in [6.07, 6.45) is 1.56. The van der Waals surface area contributed by atoms with Crippen LogP contribution in [0.25, 0.3) is 0 Å². The van der Waals surface area contributed by atoms with Crippen molar-refractivity contribution >= 4 is 33.4 Å². The molecule has 2 atom stereocenters. The van der Waals surface area contributed by atoms with Gasteiger partial charge in [0.15, 0.2) is 28.3 Å². The summed E-state index contributed by atoms with van der Waals surface area (Å²) >= 11 is 1.22. The molecule has 0 radical (unpaired) electrons. The predicted octanol–water partition coefficient (Wildman–Crippen LogP) is 2.79. The number of esters is 1. The van der Waals surface area contributed by atoms with E-state index in [1.165, 1.54) is 17.5 Å². The van der Waals surface area contributed by atoms with Crippen molar-refractivity contribution in [1.82, 2.24) is 19.3 Å². The molecule has 194 valence electrons. The molecule has 1 saturated heterocycles. The first kappa shape index (κ1) is 26.3. The van der Waals surface area contributed by atoms with E-state index in [1.807, 2.05) is 0 Å². The Labute approximate surface area is 210 Å². The first-order valence-corrected chi connectivity index (χ1v) is 13.2. The number of halogens is 3. The number of methoxy groups -OCH3 is 1. The number of rotatable bonds is 6. The molecule has 4 rings (SSSR count). The zero-order valence-corrected chi connectivity index (χ0v) is 21.4. The Balaban J connectivity index is 1.83. The summed E-state index contributed by atoms with van der Waals surface area (Å²) in [5.41, 5.74) is -0.891. The highest BCUT2D eigenvalue weighted by molar-refractivity contribution is 7.87. The second-order valence-corrected chi connectivity index (χ2v) is 11.6. The monoisotopic (exact) mass is 543 g/mol. The van der Waals surface area contributed by atoms with Crippen molar-refractivity contribution in [3.8, 4) is 0 Å². The van der Waals surface area contributed by atoms with Crippen molar-refractivity contribution in [3.05, 3.63) is 63.0 Å². The van der Waals surface area contributed by atoms with E-state index in [-0.39, 0.29) is 29.9 Å². The Kier molecular flexibility index (Phi) is 6.98. The Morgan fingerprint density at radius 3 is 2.56 bits per heavy atom. The van der Waals surface area contributed by atoms with E-state index in [9.17, 15) is 26.4 Å². The molecular weight excluding hydrogens is 519 g/mol. The van der Waals surface area contributed by atoms with Crippen LogP contribution in [-0.2, 0) is 19.7 Å². The van der Waals surface area contributed by atoms with Gasteiger partial charge in [0.2, 0.25) is 0 Å². The van der Waals surface area contributed by atoms with Gasteiger partial charge in [0.25, 0.3) is 10.2 Å². The third kappa shape index (κ3) is 5.16. The first-order valence-electron chi connectivity index (χ1n) is 10.8. The molecule has 2 N–H and O–H groups in total. The van der Waals surface area contributed by atoms with Gasteiger partial charge in [-0.2, -0.15) is 17.9 Å². The number of hydrogen-bond acceptors (Lipinski definition) is 8. The van der Waals surface area contributed by atoms with Crippen LogP contribution in [0, 0.1) is 17.5 Å². The highest BCUT2D eigenvalue weighted by Gasteiger charge is 2.44. The number of carbonyl (C=O) groups excluding carboxylic acids is 1. The lowest BCUT2D eigenvalue weighted by molar-refractivity contribution is -0.136. The predicted molar refractivity (Wildman–Crippen MR) is 127 cm³/mol. The van der Waals surface area contributed by atoms with Crippen LogP contribution in [0.3, 0.4) is 0 Å². The summed E-state index contributed by atoms with van der Waals surface area (Å²) < 4.78 is 78.0. The molecule has 0 amide bonds. The standard InChI is InChI=1S/C22H24F3N5O4S2/c1-22(2,3)29-36(32,33)28-11-9-14-15(21(31)34-4)18(12-5-6-13(23)17(25)16(12)24)27-19(30(14)10-11)20-26-7-8-35-20/h5-8,11,18,28-29H,9-10H2,1-4H3/t11-,18-/m0/s1. The molecule has 1 aromatic heterocycles. The molecule has 9 nitrogen and oxygen atoms in total. The molecule has 1 aromatic carbocycles. The highest BCUT2D eigenvalue weighted by atomic mass is 32.2. The number of amidine groups is 1. The number of fused-ring (bicyclic) bond motifs is 1. The smallest absolute Gasteiger partial charge is 0.338 e. The fraction of sp³-hybridized carbons (Fsp3) is 0.409. The van der Waals surface area contributed by atoms with Crippen LogP contribution in [-0.4, -0.2) is 55.3 Å².